The Morgan fingerprint density at radius 2 is 2.10 bits per heavy atom. The van der Waals surface area contributed by atoms with Gasteiger partial charge in [0.15, 0.2) is 5.65 Å². The van der Waals surface area contributed by atoms with Crippen LogP contribution in [-0.2, 0) is 6.42 Å². The summed E-state index contributed by atoms with van der Waals surface area (Å²) in [5.41, 5.74) is 9.26. The van der Waals surface area contributed by atoms with Crippen LogP contribution in [0.25, 0.3) is 16.9 Å². The van der Waals surface area contributed by atoms with E-state index >= 15 is 0 Å². The van der Waals surface area contributed by atoms with Gasteiger partial charge < -0.3 is 5.73 Å². The van der Waals surface area contributed by atoms with Crippen molar-refractivity contribution in [3.63, 3.8) is 0 Å². The number of nitrogens with two attached hydrogens (primary N) is 1. The van der Waals surface area contributed by atoms with E-state index in [1.54, 1.807) is 12.4 Å². The zero-order valence-corrected chi connectivity index (χ0v) is 11.1. The molecule has 6 heteroatoms. The van der Waals surface area contributed by atoms with Crippen LogP contribution in [0, 0.1) is 6.92 Å². The number of fused-ring (bicyclic) bond motifs is 1. The second kappa shape index (κ2) is 4.90. The van der Waals surface area contributed by atoms with Crippen molar-refractivity contribution in [2.24, 2.45) is 5.73 Å². The largest absolute Gasteiger partial charge is 0.330 e. The first-order chi connectivity index (χ1) is 9.70. The molecule has 0 aliphatic rings. The SMILES string of the molecule is Cc1nc2cc(-c3ccncc3)[nH]n2c(=O)c1CCN. The number of pyridine rings is 1. The summed E-state index contributed by atoms with van der Waals surface area (Å²) in [6, 6.07) is 5.61. The number of nitrogens with zero attached hydrogens (tertiary/aromatic N) is 3. The molecule has 6 nitrogen and oxygen atoms in total. The average Bonchev–Trinajstić information content (AvgIpc) is 2.88. The number of H-pyrrole nitrogens is 1. The summed E-state index contributed by atoms with van der Waals surface area (Å²) in [6.07, 6.45) is 3.95. The Hall–Kier alpha value is -2.47. The third-order valence-corrected chi connectivity index (χ3v) is 3.30. The van der Waals surface area contributed by atoms with Crippen LogP contribution in [0.15, 0.2) is 35.4 Å². The first kappa shape index (κ1) is 12.6. The lowest BCUT2D eigenvalue weighted by molar-refractivity contribution is 0.835. The van der Waals surface area contributed by atoms with E-state index < -0.39 is 0 Å². The van der Waals surface area contributed by atoms with Gasteiger partial charge in [-0.15, -0.1) is 0 Å². The monoisotopic (exact) mass is 269 g/mol. The van der Waals surface area contributed by atoms with Crippen LogP contribution in [0.2, 0.25) is 0 Å². The number of aromatic amines is 1. The molecule has 0 atom stereocenters. The Kier molecular flexibility index (Phi) is 3.08. The maximum Gasteiger partial charge on any atom is 0.276 e. The Morgan fingerprint density at radius 3 is 2.80 bits per heavy atom. The van der Waals surface area contributed by atoms with Gasteiger partial charge in [-0.25, -0.2) is 9.50 Å². The summed E-state index contributed by atoms with van der Waals surface area (Å²) >= 11 is 0. The van der Waals surface area contributed by atoms with Gasteiger partial charge in [-0.05, 0) is 32.0 Å². The van der Waals surface area contributed by atoms with Crippen molar-refractivity contribution in [2.75, 3.05) is 6.54 Å². The summed E-state index contributed by atoms with van der Waals surface area (Å²) in [4.78, 5) is 20.9. The van der Waals surface area contributed by atoms with Gasteiger partial charge in [0.1, 0.15) is 0 Å². The van der Waals surface area contributed by atoms with E-state index in [4.69, 9.17) is 5.73 Å². The van der Waals surface area contributed by atoms with Crippen molar-refractivity contribution in [1.82, 2.24) is 19.6 Å². The van der Waals surface area contributed by atoms with Crippen LogP contribution >= 0.6 is 0 Å². The van der Waals surface area contributed by atoms with Gasteiger partial charge in [-0.2, -0.15) is 0 Å². The number of rotatable bonds is 3. The molecule has 0 saturated heterocycles. The summed E-state index contributed by atoms with van der Waals surface area (Å²) in [6.45, 7) is 2.27. The minimum atomic E-state index is -0.0849. The fraction of sp³-hybridized carbons (Fsp3) is 0.214. The van der Waals surface area contributed by atoms with Gasteiger partial charge in [0.2, 0.25) is 0 Å². The Labute approximate surface area is 115 Å². The van der Waals surface area contributed by atoms with Crippen LogP contribution in [0.1, 0.15) is 11.3 Å². The maximum atomic E-state index is 12.4. The van der Waals surface area contributed by atoms with Crippen molar-refractivity contribution in [2.45, 2.75) is 13.3 Å². The third-order valence-electron chi connectivity index (χ3n) is 3.30. The zero-order chi connectivity index (χ0) is 14.1. The molecule has 0 bridgehead atoms. The topological polar surface area (TPSA) is 89.1 Å². The molecule has 0 amide bonds. The molecule has 0 spiro atoms. The first-order valence-electron chi connectivity index (χ1n) is 6.42. The molecule has 3 aromatic rings. The first-order valence-corrected chi connectivity index (χ1v) is 6.42. The summed E-state index contributed by atoms with van der Waals surface area (Å²) in [5, 5.41) is 3.08. The van der Waals surface area contributed by atoms with Crippen LogP contribution in [0.3, 0.4) is 0 Å². The highest BCUT2D eigenvalue weighted by molar-refractivity contribution is 5.63. The molecule has 3 rings (SSSR count). The highest BCUT2D eigenvalue weighted by atomic mass is 16.1. The Morgan fingerprint density at radius 1 is 1.35 bits per heavy atom. The van der Waals surface area contributed by atoms with Gasteiger partial charge in [-0.3, -0.25) is 14.9 Å². The van der Waals surface area contributed by atoms with Gasteiger partial charge in [0, 0.05) is 35.3 Å². The van der Waals surface area contributed by atoms with E-state index in [1.165, 1.54) is 4.52 Å². The number of nitrogens with one attached hydrogen (secondary N) is 1. The number of aryl methyl sites for hydroxylation is 1. The number of hydrogen-bond donors (Lipinski definition) is 2. The summed E-state index contributed by atoms with van der Waals surface area (Å²) in [5.74, 6) is 0. The molecule has 102 valence electrons. The molecule has 0 aliphatic carbocycles. The minimum absolute atomic E-state index is 0.0849. The molecule has 0 saturated carbocycles. The molecule has 0 aliphatic heterocycles. The highest BCUT2D eigenvalue weighted by Gasteiger charge is 2.12. The lowest BCUT2D eigenvalue weighted by atomic mass is 10.2. The zero-order valence-electron chi connectivity index (χ0n) is 11.1. The highest BCUT2D eigenvalue weighted by Crippen LogP contribution is 2.17. The Balaban J connectivity index is 2.22. The van der Waals surface area contributed by atoms with E-state index in [2.05, 4.69) is 15.1 Å². The molecule has 20 heavy (non-hydrogen) atoms. The molecule has 0 unspecified atom stereocenters. The molecule has 3 N–H and O–H groups in total. The van der Waals surface area contributed by atoms with E-state index in [-0.39, 0.29) is 5.56 Å². The molecule has 3 aromatic heterocycles. The van der Waals surface area contributed by atoms with E-state index in [0.29, 0.717) is 24.2 Å². The maximum absolute atomic E-state index is 12.4. The predicted octanol–water partition coefficient (Wildman–Crippen LogP) is 0.894. The summed E-state index contributed by atoms with van der Waals surface area (Å²) < 4.78 is 1.47. The molecular formula is C14H15N5O. The van der Waals surface area contributed by atoms with E-state index in [1.807, 2.05) is 25.1 Å². The van der Waals surface area contributed by atoms with Crippen LogP contribution in [-0.4, -0.2) is 26.1 Å². The fourth-order valence-electron chi connectivity index (χ4n) is 2.28. The summed E-state index contributed by atoms with van der Waals surface area (Å²) in [7, 11) is 0. The normalized spacial score (nSPS) is 11.1. The van der Waals surface area contributed by atoms with Gasteiger partial charge >= 0.3 is 0 Å². The third kappa shape index (κ3) is 2.00. The average molecular weight is 269 g/mol. The van der Waals surface area contributed by atoms with Crippen LogP contribution in [0.4, 0.5) is 0 Å². The molecule has 3 heterocycles. The molecule has 0 radical (unpaired) electrons. The predicted molar refractivity (Wildman–Crippen MR) is 76.5 cm³/mol. The van der Waals surface area contributed by atoms with Gasteiger partial charge in [0.25, 0.3) is 5.56 Å². The minimum Gasteiger partial charge on any atom is -0.330 e. The van der Waals surface area contributed by atoms with Crippen molar-refractivity contribution in [3.05, 3.63) is 52.2 Å². The van der Waals surface area contributed by atoms with Crippen LogP contribution in [0.5, 0.6) is 0 Å². The van der Waals surface area contributed by atoms with Crippen molar-refractivity contribution < 1.29 is 0 Å². The standard InChI is InChI=1S/C14H15N5O/c1-9-11(2-5-15)14(20)19-13(17-9)8-12(18-19)10-3-6-16-7-4-10/h3-4,6-8,18H,2,5,15H2,1H3. The molecular weight excluding hydrogens is 254 g/mol. The van der Waals surface area contributed by atoms with Gasteiger partial charge in [-0.1, -0.05) is 0 Å². The smallest absolute Gasteiger partial charge is 0.276 e. The van der Waals surface area contributed by atoms with Gasteiger partial charge in [0.05, 0.1) is 5.69 Å². The fourth-order valence-corrected chi connectivity index (χ4v) is 2.28. The van der Waals surface area contributed by atoms with Crippen molar-refractivity contribution in [3.8, 4) is 11.3 Å². The van der Waals surface area contributed by atoms with Crippen LogP contribution < -0.4 is 11.3 Å². The Bertz CT molecular complexity index is 804. The van der Waals surface area contributed by atoms with E-state index in [0.717, 1.165) is 17.0 Å². The van der Waals surface area contributed by atoms with Crippen molar-refractivity contribution >= 4 is 5.65 Å². The van der Waals surface area contributed by atoms with Crippen molar-refractivity contribution in [1.29, 1.82) is 0 Å². The second-order valence-corrected chi connectivity index (χ2v) is 4.62. The second-order valence-electron chi connectivity index (χ2n) is 4.62. The number of aromatic nitrogens is 4. The number of hydrogen-bond acceptors (Lipinski definition) is 4. The lowest BCUT2D eigenvalue weighted by Gasteiger charge is -2.03. The molecule has 0 aromatic carbocycles. The lowest BCUT2D eigenvalue weighted by Crippen LogP contribution is -2.23. The van der Waals surface area contributed by atoms with E-state index in [9.17, 15) is 4.79 Å². The quantitative estimate of drug-likeness (QED) is 0.739. The molecule has 0 fully saturated rings.